The van der Waals surface area contributed by atoms with E-state index in [4.69, 9.17) is 0 Å². The second kappa shape index (κ2) is 12.1. The average molecular weight is 620 g/mol. The molecule has 1 aliphatic carbocycles. The summed E-state index contributed by atoms with van der Waals surface area (Å²) in [6.07, 6.45) is 1.04. The van der Waals surface area contributed by atoms with Crippen LogP contribution in [0.5, 0.6) is 0 Å². The molecule has 0 amide bonds. The standard InChI is InChI=1S/C21H25.2C7H6.2ClH.Zr/c1-20(2,3)16-7-9-18-14(12-16)11-15-13-17(21(4,5)6)8-10-19(15)18;2*1-7-5-3-2-4-6-7;;;/h7-10,12H,11H2,1-6H3;2*1-6H;2*1H;/q;;;;;+2/p-2. The molecule has 5 rings (SSSR count). The molecule has 0 bridgehead atoms. The van der Waals surface area contributed by atoms with Gasteiger partial charge in [-0.05, 0) is 0 Å². The van der Waals surface area contributed by atoms with Crippen LogP contribution in [-0.2, 0) is 38.0 Å². The third kappa shape index (κ3) is 6.44. The summed E-state index contributed by atoms with van der Waals surface area (Å²) in [5, 5.41) is 0. The van der Waals surface area contributed by atoms with Gasteiger partial charge in [0.15, 0.2) is 0 Å². The van der Waals surface area contributed by atoms with E-state index in [0.717, 1.165) is 6.42 Å². The van der Waals surface area contributed by atoms with E-state index in [2.05, 4.69) is 140 Å². The Balaban J connectivity index is 0.00000200. The fourth-order valence-corrected chi connectivity index (χ4v) is 12.3. The minimum atomic E-state index is -2.42. The first kappa shape index (κ1) is 30.6. The van der Waals surface area contributed by atoms with Gasteiger partial charge in [-0.1, -0.05) is 0 Å². The summed E-state index contributed by atoms with van der Waals surface area (Å²) in [7, 11) is 0. The third-order valence-corrected chi connectivity index (χ3v) is 13.3. The van der Waals surface area contributed by atoms with Crippen LogP contribution in [0.4, 0.5) is 0 Å². The van der Waals surface area contributed by atoms with Crippen LogP contribution in [0.1, 0.15) is 74.9 Å². The second-order valence-electron chi connectivity index (χ2n) is 12.1. The van der Waals surface area contributed by atoms with E-state index >= 15 is 0 Å². The molecule has 38 heavy (non-hydrogen) atoms. The zero-order valence-corrected chi connectivity index (χ0v) is 27.2. The normalized spacial score (nSPS) is 12.4. The van der Waals surface area contributed by atoms with Crippen LogP contribution in [0.2, 0.25) is 0 Å². The second-order valence-corrected chi connectivity index (χ2v) is 17.0. The first-order valence-corrected chi connectivity index (χ1v) is 17.1. The number of halogens is 2. The van der Waals surface area contributed by atoms with Crippen LogP contribution in [-0.4, -0.2) is 7.42 Å². The topological polar surface area (TPSA) is 0 Å². The van der Waals surface area contributed by atoms with Gasteiger partial charge >= 0.3 is 226 Å². The molecule has 3 heteroatoms. The van der Waals surface area contributed by atoms with Crippen molar-refractivity contribution in [3.63, 3.8) is 0 Å². The predicted octanol–water partition coefficient (Wildman–Crippen LogP) is 1.81. The summed E-state index contributed by atoms with van der Waals surface area (Å²) < 4.78 is 6.96. The first-order valence-electron chi connectivity index (χ1n) is 13.1. The largest absolute Gasteiger partial charge is 1.00 e. The minimum Gasteiger partial charge on any atom is -1.00 e. The van der Waals surface area contributed by atoms with Gasteiger partial charge in [-0.2, -0.15) is 0 Å². The van der Waals surface area contributed by atoms with Gasteiger partial charge in [-0.25, -0.2) is 0 Å². The van der Waals surface area contributed by atoms with Crippen LogP contribution >= 0.6 is 0 Å². The predicted molar refractivity (Wildman–Crippen MR) is 155 cm³/mol. The van der Waals surface area contributed by atoms with Crippen molar-refractivity contribution >= 4 is 10.7 Å². The van der Waals surface area contributed by atoms with Crippen molar-refractivity contribution in [1.29, 1.82) is 0 Å². The molecule has 195 valence electrons. The summed E-state index contributed by atoms with van der Waals surface area (Å²) in [5.41, 5.74) is 11.9. The molecule has 0 saturated carbocycles. The van der Waals surface area contributed by atoms with E-state index in [9.17, 15) is 0 Å². The number of fused-ring (bicyclic) bond motifs is 3. The van der Waals surface area contributed by atoms with Crippen LogP contribution < -0.4 is 28.1 Å². The molecule has 4 aromatic carbocycles. The van der Waals surface area contributed by atoms with Crippen molar-refractivity contribution in [3.05, 3.63) is 124 Å². The Labute approximate surface area is 249 Å². The molecule has 0 nitrogen and oxygen atoms in total. The fraction of sp³-hybridized carbons (Fsp3) is 0.257. The maximum absolute atomic E-state index is 2.64. The molecule has 0 aromatic heterocycles. The van der Waals surface area contributed by atoms with Crippen molar-refractivity contribution in [2.24, 2.45) is 0 Å². The van der Waals surface area contributed by atoms with Gasteiger partial charge in [0.1, 0.15) is 0 Å². The monoisotopic (exact) mass is 617 g/mol. The summed E-state index contributed by atoms with van der Waals surface area (Å²) in [6, 6.07) is 34.0. The van der Waals surface area contributed by atoms with Crippen molar-refractivity contribution < 1.29 is 45.6 Å². The minimum absolute atomic E-state index is 0. The molecule has 4 aromatic rings. The van der Waals surface area contributed by atoms with Gasteiger partial charge in [0, 0.05) is 0 Å². The van der Waals surface area contributed by atoms with E-state index in [1.807, 2.05) is 0 Å². The van der Waals surface area contributed by atoms with Gasteiger partial charge in [-0.15, -0.1) is 0 Å². The van der Waals surface area contributed by atoms with Crippen molar-refractivity contribution in [1.82, 2.24) is 0 Å². The van der Waals surface area contributed by atoms with E-state index in [0.29, 0.717) is 0 Å². The quantitative estimate of drug-likeness (QED) is 0.289. The maximum atomic E-state index is 2.64. The zero-order chi connectivity index (χ0) is 25.5. The Bertz CT molecular complexity index is 1450. The fourth-order valence-electron chi connectivity index (χ4n) is 5.34. The van der Waals surface area contributed by atoms with Gasteiger partial charge in [0.2, 0.25) is 0 Å². The SMILES string of the molecule is CC(C)(C)c1ccc2c(c1)Cc1c-2ccc(C(C)(C)C)[c]1/[Zr+2](=[CH]/c1ccccc1)=[CH]\c1ccccc1.[Cl-].[Cl-]. The first-order chi connectivity index (χ1) is 17.1. The molecule has 0 spiro atoms. The average Bonchev–Trinajstić information content (AvgIpc) is 3.21. The summed E-state index contributed by atoms with van der Waals surface area (Å²) >= 11 is -2.42. The van der Waals surface area contributed by atoms with Crippen molar-refractivity contribution in [2.75, 3.05) is 0 Å². The Morgan fingerprint density at radius 3 is 1.63 bits per heavy atom. The summed E-state index contributed by atoms with van der Waals surface area (Å²) in [4.78, 5) is 0. The van der Waals surface area contributed by atoms with Gasteiger partial charge in [0.25, 0.3) is 0 Å². The zero-order valence-electron chi connectivity index (χ0n) is 23.3. The van der Waals surface area contributed by atoms with E-state index < -0.39 is 20.8 Å². The molecule has 0 aliphatic heterocycles. The molecule has 0 saturated heterocycles. The molecule has 0 unspecified atom stereocenters. The van der Waals surface area contributed by atoms with E-state index in [1.165, 1.54) is 38.9 Å². The third-order valence-electron chi connectivity index (χ3n) is 7.28. The van der Waals surface area contributed by atoms with Crippen LogP contribution in [0.15, 0.2) is 91.0 Å². The maximum Gasteiger partial charge on any atom is -1.00 e. The molecule has 0 heterocycles. The molecule has 0 N–H and O–H groups in total. The Morgan fingerprint density at radius 1 is 0.605 bits per heavy atom. The number of rotatable bonds is 3. The molecular weight excluding hydrogens is 583 g/mol. The van der Waals surface area contributed by atoms with Crippen LogP contribution in [0, 0.1) is 0 Å². The van der Waals surface area contributed by atoms with Gasteiger partial charge in [0.05, 0.1) is 0 Å². The Morgan fingerprint density at radius 2 is 1.13 bits per heavy atom. The smallest absolute Gasteiger partial charge is 1.00 e. The molecule has 0 atom stereocenters. The van der Waals surface area contributed by atoms with Gasteiger partial charge in [-0.3, -0.25) is 0 Å². The van der Waals surface area contributed by atoms with Gasteiger partial charge < -0.3 is 24.8 Å². The number of benzene rings is 4. The van der Waals surface area contributed by atoms with E-state index in [-0.39, 0.29) is 35.6 Å². The molecule has 0 fully saturated rings. The number of hydrogen-bond acceptors (Lipinski definition) is 0. The summed E-state index contributed by atoms with van der Waals surface area (Å²) in [5.74, 6) is 0. The Hall–Kier alpha value is -1.92. The van der Waals surface area contributed by atoms with Crippen molar-refractivity contribution in [2.45, 2.75) is 58.8 Å². The van der Waals surface area contributed by atoms with Crippen molar-refractivity contribution in [3.8, 4) is 11.1 Å². The summed E-state index contributed by atoms with van der Waals surface area (Å²) in [6.45, 7) is 14.1. The Kier molecular flexibility index (Phi) is 9.73. The van der Waals surface area contributed by atoms with E-state index in [1.54, 1.807) is 8.83 Å². The van der Waals surface area contributed by atoms with Crippen LogP contribution in [0.25, 0.3) is 11.1 Å². The molecule has 1 aliphatic rings. The molecular formula is C35H37Cl2Zr. The molecule has 0 radical (unpaired) electrons. The van der Waals surface area contributed by atoms with Crippen LogP contribution in [0.3, 0.4) is 0 Å². The number of hydrogen-bond donors (Lipinski definition) is 0.